The molecule has 1 aliphatic rings. The van der Waals surface area contributed by atoms with Gasteiger partial charge in [0.1, 0.15) is 5.82 Å². The topological polar surface area (TPSA) is 80.4 Å². The van der Waals surface area contributed by atoms with E-state index in [0.717, 1.165) is 0 Å². The van der Waals surface area contributed by atoms with Crippen molar-refractivity contribution in [3.63, 3.8) is 0 Å². The Morgan fingerprint density at radius 1 is 1.22 bits per heavy atom. The average molecular weight is 356 g/mol. The van der Waals surface area contributed by atoms with Crippen LogP contribution in [0.15, 0.2) is 53.4 Å². The number of benzene rings is 2. The SMILES string of the molecule is N[C@]1(CO)[C@H](c2cccc(F)c2)[C@@H]1S(=O)(=O)c1ccc(Cl)cc1. The van der Waals surface area contributed by atoms with Gasteiger partial charge in [0.15, 0.2) is 9.84 Å². The summed E-state index contributed by atoms with van der Waals surface area (Å²) in [5.41, 5.74) is 5.23. The van der Waals surface area contributed by atoms with Gasteiger partial charge >= 0.3 is 0 Å². The van der Waals surface area contributed by atoms with E-state index in [2.05, 4.69) is 0 Å². The van der Waals surface area contributed by atoms with Crippen LogP contribution in [-0.4, -0.2) is 30.9 Å². The summed E-state index contributed by atoms with van der Waals surface area (Å²) >= 11 is 5.78. The summed E-state index contributed by atoms with van der Waals surface area (Å²) in [5, 5.41) is 8.99. The molecule has 3 rings (SSSR count). The van der Waals surface area contributed by atoms with Gasteiger partial charge in [0, 0.05) is 10.9 Å². The second-order valence-electron chi connectivity index (χ2n) is 5.72. The number of nitrogens with two attached hydrogens (primary N) is 1. The zero-order chi connectivity index (χ0) is 16.8. The molecule has 0 radical (unpaired) electrons. The molecule has 7 heteroatoms. The molecule has 0 heterocycles. The minimum absolute atomic E-state index is 0.0779. The van der Waals surface area contributed by atoms with Crippen molar-refractivity contribution in [2.75, 3.05) is 6.61 Å². The van der Waals surface area contributed by atoms with Gasteiger partial charge in [-0.3, -0.25) is 0 Å². The Balaban J connectivity index is 2.03. The van der Waals surface area contributed by atoms with Crippen LogP contribution in [-0.2, 0) is 9.84 Å². The van der Waals surface area contributed by atoms with Gasteiger partial charge in [-0.25, -0.2) is 12.8 Å². The van der Waals surface area contributed by atoms with Crippen molar-refractivity contribution in [1.29, 1.82) is 0 Å². The van der Waals surface area contributed by atoms with Crippen LogP contribution >= 0.6 is 11.6 Å². The summed E-state index contributed by atoms with van der Waals surface area (Å²) < 4.78 is 39.1. The van der Waals surface area contributed by atoms with Gasteiger partial charge < -0.3 is 10.8 Å². The van der Waals surface area contributed by atoms with Crippen LogP contribution in [0.4, 0.5) is 4.39 Å². The molecule has 1 fully saturated rings. The first kappa shape index (κ1) is 16.4. The highest BCUT2D eigenvalue weighted by molar-refractivity contribution is 7.92. The summed E-state index contributed by atoms with van der Waals surface area (Å²) in [6.07, 6.45) is 0. The number of hydrogen-bond acceptors (Lipinski definition) is 4. The van der Waals surface area contributed by atoms with E-state index in [-0.39, 0.29) is 4.90 Å². The lowest BCUT2D eigenvalue weighted by Gasteiger charge is -2.08. The van der Waals surface area contributed by atoms with Crippen LogP contribution in [0.2, 0.25) is 5.02 Å². The fraction of sp³-hybridized carbons (Fsp3) is 0.250. The van der Waals surface area contributed by atoms with E-state index < -0.39 is 39.0 Å². The van der Waals surface area contributed by atoms with Crippen molar-refractivity contribution in [3.8, 4) is 0 Å². The van der Waals surface area contributed by atoms with Gasteiger partial charge in [0.2, 0.25) is 0 Å². The maximum absolute atomic E-state index is 13.4. The van der Waals surface area contributed by atoms with Crippen molar-refractivity contribution in [2.45, 2.75) is 21.6 Å². The molecule has 0 aromatic heterocycles. The van der Waals surface area contributed by atoms with Crippen LogP contribution in [0.5, 0.6) is 0 Å². The second-order valence-corrected chi connectivity index (χ2v) is 8.23. The number of hydrogen-bond donors (Lipinski definition) is 2. The lowest BCUT2D eigenvalue weighted by atomic mass is 10.1. The molecular weight excluding hydrogens is 341 g/mol. The van der Waals surface area contributed by atoms with Gasteiger partial charge in [0.25, 0.3) is 0 Å². The van der Waals surface area contributed by atoms with E-state index in [1.165, 1.54) is 42.5 Å². The van der Waals surface area contributed by atoms with Crippen molar-refractivity contribution in [3.05, 3.63) is 64.9 Å². The average Bonchev–Trinajstić information content (AvgIpc) is 3.15. The van der Waals surface area contributed by atoms with E-state index in [9.17, 15) is 17.9 Å². The molecule has 23 heavy (non-hydrogen) atoms. The third-order valence-corrected chi connectivity index (χ3v) is 6.82. The number of sulfone groups is 1. The number of halogens is 2. The van der Waals surface area contributed by atoms with Crippen LogP contribution in [0.25, 0.3) is 0 Å². The third kappa shape index (κ3) is 2.65. The second kappa shape index (κ2) is 5.56. The Morgan fingerprint density at radius 2 is 1.87 bits per heavy atom. The maximum Gasteiger partial charge on any atom is 0.183 e. The number of aliphatic hydroxyl groups excluding tert-OH is 1. The summed E-state index contributed by atoms with van der Waals surface area (Å²) in [7, 11) is -3.78. The number of rotatable bonds is 4. The van der Waals surface area contributed by atoms with E-state index in [0.29, 0.717) is 10.6 Å². The van der Waals surface area contributed by atoms with E-state index in [1.807, 2.05) is 0 Å². The molecule has 0 amide bonds. The molecule has 0 saturated heterocycles. The highest BCUT2D eigenvalue weighted by atomic mass is 35.5. The quantitative estimate of drug-likeness (QED) is 0.880. The Morgan fingerprint density at radius 3 is 2.43 bits per heavy atom. The zero-order valence-corrected chi connectivity index (χ0v) is 13.6. The molecule has 0 unspecified atom stereocenters. The van der Waals surface area contributed by atoms with Crippen molar-refractivity contribution in [1.82, 2.24) is 0 Å². The Labute approximate surface area is 138 Å². The molecule has 0 spiro atoms. The molecule has 0 bridgehead atoms. The van der Waals surface area contributed by atoms with Crippen molar-refractivity contribution < 1.29 is 17.9 Å². The molecular formula is C16H15ClFNO3S. The first-order valence-corrected chi connectivity index (χ1v) is 8.88. The molecule has 3 N–H and O–H groups in total. The van der Waals surface area contributed by atoms with Gasteiger partial charge in [-0.15, -0.1) is 0 Å². The summed E-state index contributed by atoms with van der Waals surface area (Å²) in [4.78, 5) is 0.0779. The van der Waals surface area contributed by atoms with Gasteiger partial charge in [-0.2, -0.15) is 0 Å². The zero-order valence-electron chi connectivity index (χ0n) is 12.0. The largest absolute Gasteiger partial charge is 0.394 e. The third-order valence-electron chi connectivity index (χ3n) is 4.26. The first-order valence-electron chi connectivity index (χ1n) is 6.95. The summed E-state index contributed by atoms with van der Waals surface area (Å²) in [6, 6.07) is 11.4. The predicted octanol–water partition coefficient (Wildman–Crippen LogP) is 2.11. The fourth-order valence-corrected chi connectivity index (χ4v) is 5.46. The standard InChI is InChI=1S/C16H15ClFNO3S/c17-11-4-6-13(7-5-11)23(21,22)15-14(16(15,19)9-20)10-2-1-3-12(18)8-10/h1-8,14-15,20H,9,19H2/t14-,15+,16-/m1/s1. The van der Waals surface area contributed by atoms with Crippen LogP contribution in [0.3, 0.4) is 0 Å². The van der Waals surface area contributed by atoms with Gasteiger partial charge in [-0.1, -0.05) is 23.7 Å². The Hall–Kier alpha value is -1.47. The smallest absolute Gasteiger partial charge is 0.183 e. The van der Waals surface area contributed by atoms with E-state index >= 15 is 0 Å². The lowest BCUT2D eigenvalue weighted by molar-refractivity contribution is 0.253. The first-order chi connectivity index (χ1) is 10.8. The Kier molecular flexibility index (Phi) is 3.96. The monoisotopic (exact) mass is 355 g/mol. The summed E-state index contributed by atoms with van der Waals surface area (Å²) in [5.74, 6) is -1.14. The predicted molar refractivity (Wildman–Crippen MR) is 85.6 cm³/mol. The maximum atomic E-state index is 13.4. The number of aliphatic hydroxyl groups is 1. The molecule has 1 aliphatic carbocycles. The molecule has 3 atom stereocenters. The minimum atomic E-state index is -3.78. The molecule has 122 valence electrons. The van der Waals surface area contributed by atoms with Crippen LogP contribution in [0.1, 0.15) is 11.5 Å². The molecule has 4 nitrogen and oxygen atoms in total. The van der Waals surface area contributed by atoms with Gasteiger partial charge in [-0.05, 0) is 42.0 Å². The normalized spacial score (nSPS) is 27.0. The van der Waals surface area contributed by atoms with Crippen LogP contribution < -0.4 is 5.73 Å². The molecule has 2 aromatic rings. The fourth-order valence-electron chi connectivity index (χ4n) is 3.04. The minimum Gasteiger partial charge on any atom is -0.394 e. The lowest BCUT2D eigenvalue weighted by Crippen LogP contribution is -2.35. The van der Waals surface area contributed by atoms with Crippen LogP contribution in [0, 0.1) is 5.82 Å². The molecule has 2 aromatic carbocycles. The highest BCUT2D eigenvalue weighted by Gasteiger charge is 2.69. The van der Waals surface area contributed by atoms with Crippen molar-refractivity contribution in [2.24, 2.45) is 5.73 Å². The molecule has 1 saturated carbocycles. The van der Waals surface area contributed by atoms with E-state index in [1.54, 1.807) is 6.07 Å². The summed E-state index contributed by atoms with van der Waals surface area (Å²) in [6.45, 7) is -0.508. The highest BCUT2D eigenvalue weighted by Crippen LogP contribution is 2.55. The van der Waals surface area contributed by atoms with Crippen molar-refractivity contribution >= 4 is 21.4 Å². The van der Waals surface area contributed by atoms with Gasteiger partial charge in [0.05, 0.1) is 22.3 Å². The Bertz CT molecular complexity index is 841. The van der Waals surface area contributed by atoms with E-state index in [4.69, 9.17) is 17.3 Å². The molecule has 0 aliphatic heterocycles.